The summed E-state index contributed by atoms with van der Waals surface area (Å²) in [4.78, 5) is 16.3. The molecule has 2 amide bonds. The molecule has 1 aromatic carbocycles. The second kappa shape index (κ2) is 8.08. The van der Waals surface area contributed by atoms with E-state index in [0.29, 0.717) is 34.7 Å². The van der Waals surface area contributed by atoms with E-state index >= 15 is 0 Å². The van der Waals surface area contributed by atoms with E-state index in [-0.39, 0.29) is 6.03 Å². The number of nitrogens with zero attached hydrogens (tertiary/aromatic N) is 3. The number of piperazine rings is 1. The van der Waals surface area contributed by atoms with Gasteiger partial charge in [-0.1, -0.05) is 34.4 Å². The lowest BCUT2D eigenvalue weighted by Crippen LogP contribution is -2.50. The Balaban J connectivity index is 1.44. The Kier molecular flexibility index (Phi) is 5.83. The van der Waals surface area contributed by atoms with Crippen molar-refractivity contribution in [3.05, 3.63) is 45.6 Å². The smallest absolute Gasteiger partial charge is 0.323 e. The number of carbonyl (C=O) groups is 1. The zero-order chi connectivity index (χ0) is 17.8. The Morgan fingerprint density at radius 1 is 1.24 bits per heavy atom. The van der Waals surface area contributed by atoms with Crippen molar-refractivity contribution in [2.75, 3.05) is 38.0 Å². The number of amides is 2. The molecule has 134 valence electrons. The summed E-state index contributed by atoms with van der Waals surface area (Å²) in [7, 11) is 0. The van der Waals surface area contributed by atoms with Crippen molar-refractivity contribution in [2.45, 2.75) is 13.3 Å². The molecule has 0 aliphatic carbocycles. The van der Waals surface area contributed by atoms with Crippen LogP contribution in [0.3, 0.4) is 0 Å². The van der Waals surface area contributed by atoms with Gasteiger partial charge in [-0.25, -0.2) is 4.79 Å². The fourth-order valence-electron chi connectivity index (χ4n) is 2.79. The quantitative estimate of drug-likeness (QED) is 0.875. The molecule has 1 saturated heterocycles. The molecule has 1 aromatic heterocycles. The van der Waals surface area contributed by atoms with Crippen molar-refractivity contribution in [1.29, 1.82) is 0 Å². The summed E-state index contributed by atoms with van der Waals surface area (Å²) in [5.41, 5.74) is 1.09. The summed E-state index contributed by atoms with van der Waals surface area (Å²) >= 11 is 12.1. The van der Waals surface area contributed by atoms with Crippen LogP contribution in [0, 0.1) is 6.92 Å². The molecule has 0 atom stereocenters. The van der Waals surface area contributed by atoms with Crippen LogP contribution >= 0.6 is 23.2 Å². The van der Waals surface area contributed by atoms with E-state index in [2.05, 4.69) is 15.4 Å². The highest BCUT2D eigenvalue weighted by atomic mass is 35.5. The Bertz CT molecular complexity index is 742. The highest BCUT2D eigenvalue weighted by Crippen LogP contribution is 2.21. The molecule has 1 aliphatic rings. The molecule has 0 saturated carbocycles. The number of urea groups is 1. The van der Waals surface area contributed by atoms with Gasteiger partial charge in [-0.2, -0.15) is 0 Å². The maximum absolute atomic E-state index is 12.2. The third-order valence-electron chi connectivity index (χ3n) is 4.23. The van der Waals surface area contributed by atoms with Crippen LogP contribution in [-0.2, 0) is 6.42 Å². The third kappa shape index (κ3) is 4.87. The summed E-state index contributed by atoms with van der Waals surface area (Å²) in [5, 5.41) is 7.88. The molecule has 1 aliphatic heterocycles. The summed E-state index contributed by atoms with van der Waals surface area (Å²) in [6, 6.07) is 7.15. The number of halogens is 2. The van der Waals surface area contributed by atoms with E-state index in [0.717, 1.165) is 31.6 Å². The van der Waals surface area contributed by atoms with Crippen LogP contribution in [0.2, 0.25) is 10.0 Å². The average molecular weight is 383 g/mol. The minimum Gasteiger partial charge on any atom is -0.360 e. The van der Waals surface area contributed by atoms with Crippen molar-refractivity contribution in [3.8, 4) is 0 Å². The highest BCUT2D eigenvalue weighted by Gasteiger charge is 2.21. The lowest BCUT2D eigenvalue weighted by Gasteiger charge is -2.34. The van der Waals surface area contributed by atoms with Gasteiger partial charge < -0.3 is 9.42 Å². The van der Waals surface area contributed by atoms with Crippen LogP contribution in [-0.4, -0.2) is 53.7 Å². The van der Waals surface area contributed by atoms with Gasteiger partial charge in [0.05, 0.1) is 0 Å². The molecule has 6 nitrogen and oxygen atoms in total. The van der Waals surface area contributed by atoms with E-state index in [1.807, 2.05) is 12.1 Å². The highest BCUT2D eigenvalue weighted by molar-refractivity contribution is 6.35. The van der Waals surface area contributed by atoms with Gasteiger partial charge in [0.1, 0.15) is 5.76 Å². The molecule has 0 unspecified atom stereocenters. The Morgan fingerprint density at radius 2 is 2.00 bits per heavy atom. The van der Waals surface area contributed by atoms with Crippen molar-refractivity contribution < 1.29 is 9.32 Å². The van der Waals surface area contributed by atoms with Gasteiger partial charge >= 0.3 is 6.03 Å². The largest absolute Gasteiger partial charge is 0.360 e. The van der Waals surface area contributed by atoms with E-state index in [1.54, 1.807) is 24.0 Å². The van der Waals surface area contributed by atoms with E-state index in [4.69, 9.17) is 27.7 Å². The maximum Gasteiger partial charge on any atom is 0.323 e. The number of hydrogen-bond donors (Lipinski definition) is 1. The molecule has 2 aromatic rings. The van der Waals surface area contributed by atoms with Crippen molar-refractivity contribution in [2.24, 2.45) is 0 Å². The second-order valence-electron chi connectivity index (χ2n) is 6.07. The Hall–Kier alpha value is -1.76. The van der Waals surface area contributed by atoms with Gasteiger partial charge in [-0.15, -0.1) is 0 Å². The van der Waals surface area contributed by atoms with Crippen LogP contribution in [0.4, 0.5) is 10.6 Å². The first-order chi connectivity index (χ1) is 12.0. The van der Waals surface area contributed by atoms with Gasteiger partial charge in [0.25, 0.3) is 0 Å². The number of nitrogens with one attached hydrogen (secondary N) is 1. The number of anilines is 1. The SMILES string of the molecule is Cc1cc(NC(=O)N2CCN(CCc3ccc(Cl)cc3Cl)CC2)no1. The van der Waals surface area contributed by atoms with E-state index < -0.39 is 0 Å². The topological polar surface area (TPSA) is 61.6 Å². The number of carbonyl (C=O) groups excluding carboxylic acids is 1. The molecular weight excluding hydrogens is 363 g/mol. The van der Waals surface area contributed by atoms with Gasteiger partial charge in [0.2, 0.25) is 0 Å². The number of benzene rings is 1. The Labute approximate surface area is 156 Å². The first-order valence-corrected chi connectivity index (χ1v) is 8.92. The van der Waals surface area contributed by atoms with Crippen LogP contribution < -0.4 is 5.32 Å². The molecule has 2 heterocycles. The Morgan fingerprint density at radius 3 is 2.64 bits per heavy atom. The lowest BCUT2D eigenvalue weighted by molar-refractivity contribution is 0.148. The third-order valence-corrected chi connectivity index (χ3v) is 4.82. The minimum atomic E-state index is -0.145. The summed E-state index contributed by atoms with van der Waals surface area (Å²) in [6.45, 7) is 5.70. The molecule has 0 radical (unpaired) electrons. The fourth-order valence-corrected chi connectivity index (χ4v) is 3.29. The zero-order valence-electron chi connectivity index (χ0n) is 14.0. The van der Waals surface area contributed by atoms with Gasteiger partial charge in [-0.05, 0) is 31.0 Å². The number of rotatable bonds is 4. The molecule has 0 bridgehead atoms. The second-order valence-corrected chi connectivity index (χ2v) is 6.91. The molecule has 3 rings (SSSR count). The van der Waals surface area contributed by atoms with Crippen molar-refractivity contribution in [1.82, 2.24) is 15.0 Å². The predicted molar refractivity (Wildman–Crippen MR) is 98.4 cm³/mol. The minimum absolute atomic E-state index is 0.145. The monoisotopic (exact) mass is 382 g/mol. The van der Waals surface area contributed by atoms with Gasteiger partial charge in [-0.3, -0.25) is 10.2 Å². The first kappa shape index (κ1) is 18.0. The summed E-state index contributed by atoms with van der Waals surface area (Å²) in [6.07, 6.45) is 0.862. The van der Waals surface area contributed by atoms with Crippen LogP contribution in [0.15, 0.2) is 28.8 Å². The molecule has 1 fully saturated rings. The van der Waals surface area contributed by atoms with Gasteiger partial charge in [0, 0.05) is 48.8 Å². The summed E-state index contributed by atoms with van der Waals surface area (Å²) < 4.78 is 4.95. The average Bonchev–Trinajstić information content (AvgIpc) is 2.99. The van der Waals surface area contributed by atoms with Crippen LogP contribution in [0.1, 0.15) is 11.3 Å². The molecular formula is C17H20Cl2N4O2. The fraction of sp³-hybridized carbons (Fsp3) is 0.412. The van der Waals surface area contributed by atoms with Crippen molar-refractivity contribution in [3.63, 3.8) is 0 Å². The lowest BCUT2D eigenvalue weighted by atomic mass is 10.1. The van der Waals surface area contributed by atoms with Crippen LogP contribution in [0.5, 0.6) is 0 Å². The molecule has 1 N–H and O–H groups in total. The number of aryl methyl sites for hydroxylation is 1. The predicted octanol–water partition coefficient (Wildman–Crippen LogP) is 3.68. The molecule has 25 heavy (non-hydrogen) atoms. The van der Waals surface area contributed by atoms with Gasteiger partial charge in [0.15, 0.2) is 5.82 Å². The molecule has 8 heteroatoms. The zero-order valence-corrected chi connectivity index (χ0v) is 15.5. The number of aromatic nitrogens is 1. The van der Waals surface area contributed by atoms with E-state index in [1.165, 1.54) is 0 Å². The number of hydrogen-bond acceptors (Lipinski definition) is 4. The van der Waals surface area contributed by atoms with Crippen molar-refractivity contribution >= 4 is 35.1 Å². The first-order valence-electron chi connectivity index (χ1n) is 8.17. The van der Waals surface area contributed by atoms with E-state index in [9.17, 15) is 4.79 Å². The molecule has 0 spiro atoms. The standard InChI is InChI=1S/C17H20Cl2N4O2/c1-12-10-16(21-25-12)20-17(24)23-8-6-22(7-9-23)5-4-13-2-3-14(18)11-15(13)19/h2-3,10-11H,4-9H2,1H3,(H,20,21,24). The maximum atomic E-state index is 12.2. The van der Waals surface area contributed by atoms with Crippen LogP contribution in [0.25, 0.3) is 0 Å². The summed E-state index contributed by atoms with van der Waals surface area (Å²) in [5.74, 6) is 1.11. The normalized spacial score (nSPS) is 15.4.